The number of rotatable bonds is 2. The second-order valence-electron chi connectivity index (χ2n) is 5.11. The number of fused-ring (bicyclic) bond motifs is 3. The van der Waals surface area contributed by atoms with Crippen molar-refractivity contribution < 1.29 is 0 Å². The first kappa shape index (κ1) is 10.8. The van der Waals surface area contributed by atoms with E-state index in [1.807, 2.05) is 0 Å². The Morgan fingerprint density at radius 3 is 3.06 bits per heavy atom. The van der Waals surface area contributed by atoms with Crippen LogP contribution in [0.3, 0.4) is 0 Å². The summed E-state index contributed by atoms with van der Waals surface area (Å²) in [7, 11) is 0. The maximum absolute atomic E-state index is 3.62. The van der Waals surface area contributed by atoms with E-state index in [-0.39, 0.29) is 0 Å². The predicted molar refractivity (Wildman–Crippen MR) is 72.3 cm³/mol. The van der Waals surface area contributed by atoms with Crippen LogP contribution < -0.4 is 0 Å². The first-order chi connectivity index (χ1) is 8.29. The van der Waals surface area contributed by atoms with E-state index in [0.29, 0.717) is 0 Å². The smallest absolute Gasteiger partial charge is 0.0489 e. The van der Waals surface area contributed by atoms with Crippen molar-refractivity contribution in [1.82, 2.24) is 9.88 Å². The SMILES string of the molecule is CCCN1CCc2[nH]c3c(C)cccc3c2C1. The minimum atomic E-state index is 1.12. The maximum Gasteiger partial charge on any atom is 0.0489 e. The Bertz CT molecular complexity index is 539. The van der Waals surface area contributed by atoms with Gasteiger partial charge in [-0.25, -0.2) is 0 Å². The normalized spacial score (nSPS) is 16.4. The van der Waals surface area contributed by atoms with Crippen LogP contribution in [-0.4, -0.2) is 23.0 Å². The van der Waals surface area contributed by atoms with Gasteiger partial charge in [0, 0.05) is 36.1 Å². The van der Waals surface area contributed by atoms with E-state index in [0.717, 1.165) is 6.54 Å². The summed E-state index contributed by atoms with van der Waals surface area (Å²) < 4.78 is 0. The molecular weight excluding hydrogens is 208 g/mol. The molecule has 0 amide bonds. The molecule has 2 heterocycles. The highest BCUT2D eigenvalue weighted by atomic mass is 15.1. The Labute approximate surface area is 103 Å². The zero-order valence-electron chi connectivity index (χ0n) is 10.7. The first-order valence-electron chi connectivity index (χ1n) is 6.61. The molecule has 1 aliphatic heterocycles. The van der Waals surface area contributed by atoms with Crippen molar-refractivity contribution in [2.75, 3.05) is 13.1 Å². The number of para-hydroxylation sites is 1. The third-order valence-corrected chi connectivity index (χ3v) is 3.84. The lowest BCUT2D eigenvalue weighted by atomic mass is 10.0. The molecule has 0 fully saturated rings. The number of hydrogen-bond donors (Lipinski definition) is 1. The Kier molecular flexibility index (Phi) is 2.67. The van der Waals surface area contributed by atoms with Crippen molar-refractivity contribution >= 4 is 10.9 Å². The van der Waals surface area contributed by atoms with Crippen LogP contribution >= 0.6 is 0 Å². The zero-order chi connectivity index (χ0) is 11.8. The number of H-pyrrole nitrogens is 1. The van der Waals surface area contributed by atoms with Crippen molar-refractivity contribution in [2.45, 2.75) is 33.2 Å². The molecule has 0 unspecified atom stereocenters. The average Bonchev–Trinajstić information content (AvgIpc) is 2.70. The fourth-order valence-corrected chi connectivity index (χ4v) is 2.95. The van der Waals surface area contributed by atoms with E-state index >= 15 is 0 Å². The molecule has 17 heavy (non-hydrogen) atoms. The van der Waals surface area contributed by atoms with Gasteiger partial charge in [0.05, 0.1) is 0 Å². The van der Waals surface area contributed by atoms with Gasteiger partial charge in [0.15, 0.2) is 0 Å². The van der Waals surface area contributed by atoms with Crippen LogP contribution in [0.15, 0.2) is 18.2 Å². The van der Waals surface area contributed by atoms with Crippen LogP contribution in [0.4, 0.5) is 0 Å². The van der Waals surface area contributed by atoms with Crippen LogP contribution in [-0.2, 0) is 13.0 Å². The van der Waals surface area contributed by atoms with Crippen LogP contribution in [0, 0.1) is 6.92 Å². The molecule has 1 aromatic carbocycles. The van der Waals surface area contributed by atoms with E-state index in [9.17, 15) is 0 Å². The van der Waals surface area contributed by atoms with E-state index in [4.69, 9.17) is 0 Å². The lowest BCUT2D eigenvalue weighted by molar-refractivity contribution is 0.255. The van der Waals surface area contributed by atoms with Crippen molar-refractivity contribution in [2.24, 2.45) is 0 Å². The Hall–Kier alpha value is -1.28. The van der Waals surface area contributed by atoms with Gasteiger partial charge in [-0.3, -0.25) is 4.90 Å². The summed E-state index contributed by atoms with van der Waals surface area (Å²) in [5.74, 6) is 0. The number of nitrogens with zero attached hydrogens (tertiary/aromatic N) is 1. The fraction of sp³-hybridized carbons (Fsp3) is 0.467. The molecule has 0 saturated carbocycles. The third-order valence-electron chi connectivity index (χ3n) is 3.84. The van der Waals surface area contributed by atoms with Gasteiger partial charge in [-0.15, -0.1) is 0 Å². The number of aryl methyl sites for hydroxylation is 1. The number of nitrogens with one attached hydrogen (secondary N) is 1. The number of aromatic amines is 1. The highest BCUT2D eigenvalue weighted by Crippen LogP contribution is 2.29. The van der Waals surface area contributed by atoms with Gasteiger partial charge in [-0.2, -0.15) is 0 Å². The van der Waals surface area contributed by atoms with Gasteiger partial charge in [-0.1, -0.05) is 25.1 Å². The van der Waals surface area contributed by atoms with Gasteiger partial charge in [0.2, 0.25) is 0 Å². The summed E-state index contributed by atoms with van der Waals surface area (Å²) in [6.07, 6.45) is 2.42. The summed E-state index contributed by atoms with van der Waals surface area (Å²) in [4.78, 5) is 6.19. The van der Waals surface area contributed by atoms with E-state index in [1.165, 1.54) is 53.7 Å². The summed E-state index contributed by atoms with van der Waals surface area (Å²) in [6, 6.07) is 6.62. The number of hydrogen-bond acceptors (Lipinski definition) is 1. The van der Waals surface area contributed by atoms with Crippen LogP contribution in [0.1, 0.15) is 30.2 Å². The van der Waals surface area contributed by atoms with Crippen molar-refractivity contribution in [3.05, 3.63) is 35.0 Å². The van der Waals surface area contributed by atoms with Crippen LogP contribution in [0.2, 0.25) is 0 Å². The molecule has 1 N–H and O–H groups in total. The second kappa shape index (κ2) is 4.19. The van der Waals surface area contributed by atoms with Gasteiger partial charge in [0.25, 0.3) is 0 Å². The van der Waals surface area contributed by atoms with Crippen molar-refractivity contribution in [3.63, 3.8) is 0 Å². The Morgan fingerprint density at radius 2 is 2.24 bits per heavy atom. The second-order valence-corrected chi connectivity index (χ2v) is 5.11. The molecule has 90 valence electrons. The molecule has 0 spiro atoms. The quantitative estimate of drug-likeness (QED) is 0.836. The van der Waals surface area contributed by atoms with Crippen LogP contribution in [0.25, 0.3) is 10.9 Å². The van der Waals surface area contributed by atoms with Gasteiger partial charge >= 0.3 is 0 Å². The molecule has 2 nitrogen and oxygen atoms in total. The summed E-state index contributed by atoms with van der Waals surface area (Å²) in [5.41, 5.74) is 5.69. The Balaban J connectivity index is 2.06. The highest BCUT2D eigenvalue weighted by molar-refractivity contribution is 5.87. The summed E-state index contributed by atoms with van der Waals surface area (Å²) in [6.45, 7) is 7.99. The fourth-order valence-electron chi connectivity index (χ4n) is 2.95. The lowest BCUT2D eigenvalue weighted by Gasteiger charge is -2.26. The molecule has 3 rings (SSSR count). The minimum absolute atomic E-state index is 1.12. The van der Waals surface area contributed by atoms with E-state index < -0.39 is 0 Å². The summed E-state index contributed by atoms with van der Waals surface area (Å²) in [5, 5.41) is 1.43. The lowest BCUT2D eigenvalue weighted by Crippen LogP contribution is -2.30. The molecule has 1 aliphatic rings. The zero-order valence-corrected chi connectivity index (χ0v) is 10.7. The molecule has 1 aromatic heterocycles. The minimum Gasteiger partial charge on any atom is -0.358 e. The molecule has 2 heteroatoms. The van der Waals surface area contributed by atoms with Crippen molar-refractivity contribution in [1.29, 1.82) is 0 Å². The monoisotopic (exact) mass is 228 g/mol. The van der Waals surface area contributed by atoms with Gasteiger partial charge in [0.1, 0.15) is 0 Å². The molecule has 0 saturated heterocycles. The van der Waals surface area contributed by atoms with Crippen molar-refractivity contribution in [3.8, 4) is 0 Å². The van der Waals surface area contributed by atoms with Gasteiger partial charge < -0.3 is 4.98 Å². The van der Waals surface area contributed by atoms with Gasteiger partial charge in [-0.05, 0) is 31.0 Å². The number of benzene rings is 1. The third kappa shape index (κ3) is 1.77. The predicted octanol–water partition coefficient (Wildman–Crippen LogP) is 3.24. The maximum atomic E-state index is 3.62. The Morgan fingerprint density at radius 1 is 1.35 bits per heavy atom. The standard InChI is InChI=1S/C15H20N2/c1-3-8-17-9-7-14-13(10-17)12-6-4-5-11(2)15(12)16-14/h4-6,16H,3,7-10H2,1-2H3. The average molecular weight is 228 g/mol. The first-order valence-corrected chi connectivity index (χ1v) is 6.61. The number of aromatic nitrogens is 1. The molecule has 2 aromatic rings. The largest absolute Gasteiger partial charge is 0.358 e. The molecule has 0 aliphatic carbocycles. The molecule has 0 radical (unpaired) electrons. The van der Waals surface area contributed by atoms with Crippen LogP contribution in [0.5, 0.6) is 0 Å². The molecular formula is C15H20N2. The summed E-state index contributed by atoms with van der Waals surface area (Å²) >= 11 is 0. The van der Waals surface area contributed by atoms with E-state index in [2.05, 4.69) is 41.9 Å². The topological polar surface area (TPSA) is 19.0 Å². The molecule has 0 atom stereocenters. The molecule has 0 bridgehead atoms. The highest BCUT2D eigenvalue weighted by Gasteiger charge is 2.20. The van der Waals surface area contributed by atoms with E-state index in [1.54, 1.807) is 0 Å².